The topological polar surface area (TPSA) is 24.9 Å². The summed E-state index contributed by atoms with van der Waals surface area (Å²) in [6.45, 7) is 6.77. The second-order valence-corrected chi connectivity index (χ2v) is 6.23. The molecule has 1 heterocycles. The number of hydrogen-bond acceptors (Lipinski definition) is 3. The van der Waals surface area contributed by atoms with Crippen LogP contribution in [0.2, 0.25) is 0 Å². The lowest BCUT2D eigenvalue weighted by Gasteiger charge is -2.05. The average Bonchev–Trinajstić information content (AvgIpc) is 2.75. The molecular weight excluding hydrogens is 240 g/mol. The van der Waals surface area contributed by atoms with Gasteiger partial charge in [-0.1, -0.05) is 26.0 Å². The Hall–Kier alpha value is -0.930. The fourth-order valence-electron chi connectivity index (χ4n) is 1.91. The first-order valence-corrected chi connectivity index (χ1v) is 7.62. The van der Waals surface area contributed by atoms with Crippen molar-refractivity contribution in [3.63, 3.8) is 0 Å². The van der Waals surface area contributed by atoms with E-state index in [1.165, 1.54) is 22.5 Å². The second kappa shape index (κ2) is 6.86. The Morgan fingerprint density at radius 1 is 1.22 bits per heavy atom. The lowest BCUT2D eigenvalue weighted by atomic mass is 10.1. The number of benzene rings is 1. The summed E-state index contributed by atoms with van der Waals surface area (Å²) in [5.74, 6) is 0.793. The van der Waals surface area contributed by atoms with E-state index in [-0.39, 0.29) is 0 Å². The van der Waals surface area contributed by atoms with Gasteiger partial charge in [-0.25, -0.2) is 4.98 Å². The highest BCUT2D eigenvalue weighted by Crippen LogP contribution is 2.22. The lowest BCUT2D eigenvalue weighted by molar-refractivity contribution is 0.532. The molecule has 0 aliphatic carbocycles. The number of nitrogens with one attached hydrogen (secondary N) is 1. The van der Waals surface area contributed by atoms with Crippen LogP contribution in [0, 0.1) is 5.92 Å². The van der Waals surface area contributed by atoms with E-state index in [9.17, 15) is 0 Å². The van der Waals surface area contributed by atoms with Crippen molar-refractivity contribution >= 4 is 21.6 Å². The van der Waals surface area contributed by atoms with Crippen molar-refractivity contribution in [1.29, 1.82) is 0 Å². The molecule has 0 unspecified atom stereocenters. The predicted octanol–water partition coefficient (Wildman–Crippen LogP) is 3.86. The van der Waals surface area contributed by atoms with Gasteiger partial charge < -0.3 is 5.32 Å². The molecule has 0 atom stereocenters. The molecule has 0 radical (unpaired) electrons. The third-order valence-electron chi connectivity index (χ3n) is 2.98. The van der Waals surface area contributed by atoms with Gasteiger partial charge in [0.1, 0.15) is 0 Å². The van der Waals surface area contributed by atoms with Crippen LogP contribution in [-0.4, -0.2) is 18.1 Å². The van der Waals surface area contributed by atoms with Crippen LogP contribution in [0.25, 0.3) is 10.2 Å². The standard InChI is InChI=1S/C15H22N2S/c1-12(2)9-11-16-10-5-8-15-17-13-6-3-4-7-14(13)18-15/h3-4,6-7,12,16H,5,8-11H2,1-2H3. The van der Waals surface area contributed by atoms with E-state index in [0.717, 1.165) is 30.9 Å². The molecule has 0 fully saturated rings. The van der Waals surface area contributed by atoms with E-state index in [4.69, 9.17) is 0 Å². The van der Waals surface area contributed by atoms with Gasteiger partial charge in [0, 0.05) is 6.42 Å². The Balaban J connectivity index is 1.70. The highest BCUT2D eigenvalue weighted by Gasteiger charge is 2.02. The van der Waals surface area contributed by atoms with Gasteiger partial charge in [0.2, 0.25) is 0 Å². The Morgan fingerprint density at radius 2 is 2.06 bits per heavy atom. The van der Waals surface area contributed by atoms with Crippen LogP contribution in [0.5, 0.6) is 0 Å². The molecule has 0 aliphatic heterocycles. The Morgan fingerprint density at radius 3 is 2.83 bits per heavy atom. The highest BCUT2D eigenvalue weighted by molar-refractivity contribution is 7.18. The highest BCUT2D eigenvalue weighted by atomic mass is 32.1. The van der Waals surface area contributed by atoms with Gasteiger partial charge in [0.05, 0.1) is 15.2 Å². The van der Waals surface area contributed by atoms with Crippen molar-refractivity contribution in [3.05, 3.63) is 29.3 Å². The van der Waals surface area contributed by atoms with E-state index in [2.05, 4.69) is 48.4 Å². The molecule has 3 heteroatoms. The minimum Gasteiger partial charge on any atom is -0.317 e. The third kappa shape index (κ3) is 4.07. The van der Waals surface area contributed by atoms with Gasteiger partial charge in [-0.15, -0.1) is 11.3 Å². The molecule has 0 saturated heterocycles. The predicted molar refractivity (Wildman–Crippen MR) is 80.3 cm³/mol. The van der Waals surface area contributed by atoms with Gasteiger partial charge in [0.25, 0.3) is 0 Å². The quantitative estimate of drug-likeness (QED) is 0.766. The minimum atomic E-state index is 0.793. The lowest BCUT2D eigenvalue weighted by Crippen LogP contribution is -2.18. The molecule has 1 N–H and O–H groups in total. The zero-order valence-corrected chi connectivity index (χ0v) is 12.1. The van der Waals surface area contributed by atoms with Gasteiger partial charge in [0.15, 0.2) is 0 Å². The Labute approximate surface area is 113 Å². The number of para-hydroxylation sites is 1. The molecule has 2 rings (SSSR count). The van der Waals surface area contributed by atoms with Gasteiger partial charge in [-0.05, 0) is 44.0 Å². The molecule has 2 nitrogen and oxygen atoms in total. The summed E-state index contributed by atoms with van der Waals surface area (Å²) in [5.41, 5.74) is 1.14. The largest absolute Gasteiger partial charge is 0.317 e. The number of fused-ring (bicyclic) bond motifs is 1. The summed E-state index contributed by atoms with van der Waals surface area (Å²) in [5, 5.41) is 4.76. The fourth-order valence-corrected chi connectivity index (χ4v) is 2.92. The second-order valence-electron chi connectivity index (χ2n) is 5.11. The smallest absolute Gasteiger partial charge is 0.0939 e. The fraction of sp³-hybridized carbons (Fsp3) is 0.533. The molecule has 2 aromatic rings. The Bertz CT molecular complexity index is 443. The van der Waals surface area contributed by atoms with E-state index in [1.807, 2.05) is 11.3 Å². The normalized spacial score (nSPS) is 11.5. The molecule has 0 bridgehead atoms. The SMILES string of the molecule is CC(C)CCNCCCc1nc2ccccc2s1. The monoisotopic (exact) mass is 262 g/mol. The zero-order chi connectivity index (χ0) is 12.8. The minimum absolute atomic E-state index is 0.793. The molecule has 0 amide bonds. The summed E-state index contributed by atoms with van der Waals surface area (Å²) in [6.07, 6.45) is 3.53. The number of nitrogens with zero attached hydrogens (tertiary/aromatic N) is 1. The molecule has 1 aromatic heterocycles. The summed E-state index contributed by atoms with van der Waals surface area (Å²) < 4.78 is 1.31. The van der Waals surface area contributed by atoms with Gasteiger partial charge in [-0.2, -0.15) is 0 Å². The molecule has 0 saturated carbocycles. The number of aryl methyl sites for hydroxylation is 1. The molecule has 98 valence electrons. The van der Waals surface area contributed by atoms with Crippen LogP contribution in [0.1, 0.15) is 31.7 Å². The molecule has 18 heavy (non-hydrogen) atoms. The molecule has 0 aliphatic rings. The van der Waals surface area contributed by atoms with Crippen LogP contribution in [-0.2, 0) is 6.42 Å². The maximum absolute atomic E-state index is 4.65. The summed E-state index contributed by atoms with van der Waals surface area (Å²) in [7, 11) is 0. The van der Waals surface area contributed by atoms with Gasteiger partial charge >= 0.3 is 0 Å². The first-order chi connectivity index (χ1) is 8.75. The van der Waals surface area contributed by atoms with Crippen molar-refractivity contribution in [2.24, 2.45) is 5.92 Å². The summed E-state index contributed by atoms with van der Waals surface area (Å²) in [6, 6.07) is 8.38. The van der Waals surface area contributed by atoms with Crippen LogP contribution in [0.4, 0.5) is 0 Å². The first-order valence-electron chi connectivity index (χ1n) is 6.81. The van der Waals surface area contributed by atoms with Crippen LogP contribution >= 0.6 is 11.3 Å². The van der Waals surface area contributed by atoms with E-state index < -0.39 is 0 Å². The average molecular weight is 262 g/mol. The van der Waals surface area contributed by atoms with E-state index >= 15 is 0 Å². The first kappa shape index (κ1) is 13.5. The van der Waals surface area contributed by atoms with E-state index in [1.54, 1.807) is 0 Å². The summed E-state index contributed by atoms with van der Waals surface area (Å²) >= 11 is 1.83. The van der Waals surface area contributed by atoms with Crippen LogP contribution in [0.15, 0.2) is 24.3 Å². The number of rotatable bonds is 7. The maximum Gasteiger partial charge on any atom is 0.0939 e. The van der Waals surface area contributed by atoms with Crippen molar-refractivity contribution in [2.45, 2.75) is 33.1 Å². The number of aromatic nitrogens is 1. The van der Waals surface area contributed by atoms with Gasteiger partial charge in [-0.3, -0.25) is 0 Å². The van der Waals surface area contributed by atoms with E-state index in [0.29, 0.717) is 0 Å². The Kier molecular flexibility index (Phi) is 5.14. The maximum atomic E-state index is 4.65. The van der Waals surface area contributed by atoms with Crippen molar-refractivity contribution in [2.75, 3.05) is 13.1 Å². The summed E-state index contributed by atoms with van der Waals surface area (Å²) in [4.78, 5) is 4.65. The van der Waals surface area contributed by atoms with Crippen LogP contribution in [0.3, 0.4) is 0 Å². The molecule has 0 spiro atoms. The number of thiazole rings is 1. The van der Waals surface area contributed by atoms with Crippen molar-refractivity contribution in [3.8, 4) is 0 Å². The third-order valence-corrected chi connectivity index (χ3v) is 4.08. The van der Waals surface area contributed by atoms with Crippen molar-refractivity contribution in [1.82, 2.24) is 10.3 Å². The zero-order valence-electron chi connectivity index (χ0n) is 11.3. The van der Waals surface area contributed by atoms with Crippen molar-refractivity contribution < 1.29 is 0 Å². The van der Waals surface area contributed by atoms with Crippen LogP contribution < -0.4 is 5.32 Å². The number of hydrogen-bond donors (Lipinski definition) is 1. The molecule has 1 aromatic carbocycles. The molecular formula is C15H22N2S.